The van der Waals surface area contributed by atoms with E-state index in [9.17, 15) is 4.79 Å². The zero-order valence-corrected chi connectivity index (χ0v) is 17.6. The van der Waals surface area contributed by atoms with Crippen molar-refractivity contribution < 1.29 is 14.3 Å². The molecule has 0 saturated heterocycles. The van der Waals surface area contributed by atoms with Crippen molar-refractivity contribution >= 4 is 23.7 Å². The molecule has 3 aromatic rings. The van der Waals surface area contributed by atoms with Crippen LogP contribution in [0.4, 0.5) is 0 Å². The van der Waals surface area contributed by atoms with Gasteiger partial charge >= 0.3 is 0 Å². The second-order valence-electron chi connectivity index (χ2n) is 6.79. The number of aryl methyl sites for hydroxylation is 1. The maximum absolute atomic E-state index is 12.1. The van der Waals surface area contributed by atoms with Crippen LogP contribution >= 0.6 is 11.6 Å². The van der Waals surface area contributed by atoms with Gasteiger partial charge in [0.15, 0.2) is 6.10 Å². The fraction of sp³-hybridized carbons (Fsp3) is 0.167. The molecule has 3 aromatic carbocycles. The molecular formula is C24H23ClN2O3. The van der Waals surface area contributed by atoms with Crippen LogP contribution in [0.2, 0.25) is 5.02 Å². The van der Waals surface area contributed by atoms with Gasteiger partial charge < -0.3 is 9.47 Å². The highest BCUT2D eigenvalue weighted by atomic mass is 35.5. The topological polar surface area (TPSA) is 59.9 Å². The van der Waals surface area contributed by atoms with E-state index < -0.39 is 6.10 Å². The van der Waals surface area contributed by atoms with Crippen molar-refractivity contribution in [1.29, 1.82) is 0 Å². The third kappa shape index (κ3) is 6.64. The van der Waals surface area contributed by atoms with Gasteiger partial charge in [-0.15, -0.1) is 0 Å². The van der Waals surface area contributed by atoms with Gasteiger partial charge in [-0.05, 0) is 73.5 Å². The van der Waals surface area contributed by atoms with E-state index in [-0.39, 0.29) is 5.91 Å². The lowest BCUT2D eigenvalue weighted by Gasteiger charge is -2.12. The Morgan fingerprint density at radius 3 is 2.30 bits per heavy atom. The lowest BCUT2D eigenvalue weighted by molar-refractivity contribution is -0.127. The molecule has 0 aromatic heterocycles. The minimum atomic E-state index is -0.694. The molecular weight excluding hydrogens is 400 g/mol. The molecule has 0 heterocycles. The number of hydrogen-bond acceptors (Lipinski definition) is 4. The molecule has 0 aliphatic rings. The van der Waals surface area contributed by atoms with Crippen LogP contribution in [0.25, 0.3) is 0 Å². The van der Waals surface area contributed by atoms with Crippen LogP contribution in [0.5, 0.6) is 11.5 Å². The third-order valence-corrected chi connectivity index (χ3v) is 4.54. The summed E-state index contributed by atoms with van der Waals surface area (Å²) in [6.45, 7) is 4.22. The van der Waals surface area contributed by atoms with Crippen molar-refractivity contribution in [1.82, 2.24) is 5.43 Å². The van der Waals surface area contributed by atoms with E-state index in [0.29, 0.717) is 17.4 Å². The summed E-state index contributed by atoms with van der Waals surface area (Å²) in [6, 6.07) is 22.5. The predicted octanol–water partition coefficient (Wildman–Crippen LogP) is 5.15. The largest absolute Gasteiger partial charge is 0.489 e. The number of benzene rings is 3. The van der Waals surface area contributed by atoms with Crippen LogP contribution in [0.3, 0.4) is 0 Å². The van der Waals surface area contributed by atoms with Crippen LogP contribution in [0.1, 0.15) is 23.6 Å². The Hall–Kier alpha value is -3.31. The molecule has 0 aliphatic carbocycles. The molecule has 5 nitrogen and oxygen atoms in total. The highest BCUT2D eigenvalue weighted by Crippen LogP contribution is 2.17. The second kappa shape index (κ2) is 10.5. The van der Waals surface area contributed by atoms with Crippen molar-refractivity contribution in [3.05, 3.63) is 94.5 Å². The fourth-order valence-electron chi connectivity index (χ4n) is 2.53. The van der Waals surface area contributed by atoms with Crippen LogP contribution in [-0.4, -0.2) is 18.2 Å². The number of halogens is 1. The summed E-state index contributed by atoms with van der Waals surface area (Å²) < 4.78 is 11.3. The summed E-state index contributed by atoms with van der Waals surface area (Å²) in [4.78, 5) is 12.1. The van der Waals surface area contributed by atoms with Crippen molar-refractivity contribution in [3.8, 4) is 11.5 Å². The van der Waals surface area contributed by atoms with Gasteiger partial charge in [0, 0.05) is 5.02 Å². The van der Waals surface area contributed by atoms with Gasteiger partial charge in [-0.1, -0.05) is 41.4 Å². The number of rotatable bonds is 8. The normalized spacial score (nSPS) is 11.8. The van der Waals surface area contributed by atoms with Crippen molar-refractivity contribution in [2.45, 2.75) is 26.6 Å². The highest BCUT2D eigenvalue weighted by molar-refractivity contribution is 6.30. The number of carbonyl (C=O) groups is 1. The number of carbonyl (C=O) groups excluding carboxylic acids is 1. The standard InChI is InChI=1S/C24H23ClN2O3/c1-17-3-5-20(6-4-17)16-29-22-11-7-19(8-12-22)15-26-27-24(28)18(2)30-23-13-9-21(25)10-14-23/h3-15,18H,16H2,1-2H3,(H,27,28)/b26-15-/t18-/m1/s1. The Kier molecular flexibility index (Phi) is 7.46. The molecule has 0 bridgehead atoms. The molecule has 1 N–H and O–H groups in total. The number of amides is 1. The van der Waals surface area contributed by atoms with E-state index in [2.05, 4.69) is 41.7 Å². The first-order valence-corrected chi connectivity index (χ1v) is 9.91. The number of ether oxygens (including phenoxy) is 2. The van der Waals surface area contributed by atoms with Gasteiger partial charge in [-0.3, -0.25) is 4.79 Å². The van der Waals surface area contributed by atoms with E-state index in [0.717, 1.165) is 16.9 Å². The number of nitrogens with one attached hydrogen (secondary N) is 1. The molecule has 154 valence electrons. The van der Waals surface area contributed by atoms with E-state index in [4.69, 9.17) is 21.1 Å². The molecule has 0 unspecified atom stereocenters. The summed E-state index contributed by atoms with van der Waals surface area (Å²) in [5.74, 6) is 0.980. The lowest BCUT2D eigenvalue weighted by Crippen LogP contribution is -2.33. The lowest BCUT2D eigenvalue weighted by atomic mass is 10.2. The monoisotopic (exact) mass is 422 g/mol. The molecule has 0 spiro atoms. The minimum Gasteiger partial charge on any atom is -0.489 e. The first-order valence-electron chi connectivity index (χ1n) is 9.53. The average molecular weight is 423 g/mol. The van der Waals surface area contributed by atoms with Gasteiger partial charge in [0.25, 0.3) is 5.91 Å². The summed E-state index contributed by atoms with van der Waals surface area (Å²) in [7, 11) is 0. The number of hydrogen-bond donors (Lipinski definition) is 1. The van der Waals surface area contributed by atoms with Gasteiger partial charge in [0.05, 0.1) is 6.21 Å². The highest BCUT2D eigenvalue weighted by Gasteiger charge is 2.13. The molecule has 0 fully saturated rings. The second-order valence-corrected chi connectivity index (χ2v) is 7.23. The van der Waals surface area contributed by atoms with E-state index in [1.54, 1.807) is 37.4 Å². The zero-order chi connectivity index (χ0) is 21.3. The van der Waals surface area contributed by atoms with Crippen LogP contribution in [-0.2, 0) is 11.4 Å². The maximum atomic E-state index is 12.1. The number of nitrogens with zero attached hydrogens (tertiary/aromatic N) is 1. The maximum Gasteiger partial charge on any atom is 0.280 e. The van der Waals surface area contributed by atoms with Gasteiger partial charge in [-0.25, -0.2) is 5.43 Å². The summed E-state index contributed by atoms with van der Waals surface area (Å²) in [6.07, 6.45) is 0.873. The predicted molar refractivity (Wildman–Crippen MR) is 119 cm³/mol. The molecule has 3 rings (SSSR count). The summed E-state index contributed by atoms with van der Waals surface area (Å²) in [5, 5.41) is 4.59. The Morgan fingerprint density at radius 2 is 1.63 bits per heavy atom. The smallest absolute Gasteiger partial charge is 0.280 e. The summed E-state index contributed by atoms with van der Waals surface area (Å²) >= 11 is 5.84. The first-order chi connectivity index (χ1) is 14.5. The van der Waals surface area contributed by atoms with Gasteiger partial charge in [-0.2, -0.15) is 5.10 Å². The molecule has 0 aliphatic heterocycles. The minimum absolute atomic E-state index is 0.348. The average Bonchev–Trinajstić information content (AvgIpc) is 2.76. The molecule has 0 saturated carbocycles. The SMILES string of the molecule is Cc1ccc(COc2ccc(/C=N\NC(=O)[C@@H](C)Oc3ccc(Cl)cc3)cc2)cc1. The van der Waals surface area contributed by atoms with Gasteiger partial charge in [0.2, 0.25) is 0 Å². The Morgan fingerprint density at radius 1 is 1.00 bits per heavy atom. The van der Waals surface area contributed by atoms with Crippen molar-refractivity contribution in [2.75, 3.05) is 0 Å². The van der Waals surface area contributed by atoms with Crippen molar-refractivity contribution in [3.63, 3.8) is 0 Å². The van der Waals surface area contributed by atoms with Crippen LogP contribution < -0.4 is 14.9 Å². The molecule has 1 amide bonds. The molecule has 1 atom stereocenters. The zero-order valence-electron chi connectivity index (χ0n) is 16.8. The van der Waals surface area contributed by atoms with Crippen LogP contribution in [0.15, 0.2) is 77.9 Å². The van der Waals surface area contributed by atoms with E-state index >= 15 is 0 Å². The fourth-order valence-corrected chi connectivity index (χ4v) is 2.66. The number of hydrazone groups is 1. The van der Waals surface area contributed by atoms with Crippen LogP contribution in [0, 0.1) is 6.92 Å². The van der Waals surface area contributed by atoms with E-state index in [1.165, 1.54) is 5.56 Å². The Bertz CT molecular complexity index is 984. The summed E-state index contributed by atoms with van der Waals surface area (Å²) in [5.41, 5.74) is 5.65. The quantitative estimate of drug-likeness (QED) is 0.403. The van der Waals surface area contributed by atoms with E-state index in [1.807, 2.05) is 24.3 Å². The first kappa shape index (κ1) is 21.4. The van der Waals surface area contributed by atoms with Gasteiger partial charge in [0.1, 0.15) is 18.1 Å². The molecule has 6 heteroatoms. The Balaban J connectivity index is 1.45. The Labute approximate surface area is 181 Å². The van der Waals surface area contributed by atoms with Crippen molar-refractivity contribution in [2.24, 2.45) is 5.10 Å². The molecule has 0 radical (unpaired) electrons. The third-order valence-electron chi connectivity index (χ3n) is 4.29. The molecule has 30 heavy (non-hydrogen) atoms.